The molecule has 0 saturated heterocycles. The minimum absolute atomic E-state index is 0.256. The van der Waals surface area contributed by atoms with Gasteiger partial charge >= 0.3 is 5.97 Å². The van der Waals surface area contributed by atoms with E-state index in [0.29, 0.717) is 28.6 Å². The lowest BCUT2D eigenvalue weighted by Gasteiger charge is -2.06. The third kappa shape index (κ3) is 3.72. The number of benzene rings is 2. The number of esters is 1. The molecule has 0 unspecified atom stereocenters. The Kier molecular flexibility index (Phi) is 4.42. The van der Waals surface area contributed by atoms with Gasteiger partial charge in [-0.05, 0) is 61.4 Å². The molecule has 1 amide bonds. The summed E-state index contributed by atoms with van der Waals surface area (Å²) in [5.41, 5.74) is 2.41. The van der Waals surface area contributed by atoms with Crippen molar-refractivity contribution in [1.29, 1.82) is 0 Å². The third-order valence-electron chi connectivity index (χ3n) is 4.44. The van der Waals surface area contributed by atoms with Crippen LogP contribution in [0.15, 0.2) is 48.5 Å². The zero-order valence-corrected chi connectivity index (χ0v) is 14.7. The number of aromatic nitrogens is 3. The first-order valence-electron chi connectivity index (χ1n) is 8.66. The molecule has 0 aliphatic heterocycles. The van der Waals surface area contributed by atoms with Gasteiger partial charge < -0.3 is 10.1 Å². The van der Waals surface area contributed by atoms with Gasteiger partial charge in [0.15, 0.2) is 5.82 Å². The van der Waals surface area contributed by atoms with E-state index in [1.54, 1.807) is 24.3 Å². The average molecular weight is 362 g/mol. The molecule has 1 heterocycles. The van der Waals surface area contributed by atoms with E-state index in [1.807, 2.05) is 24.3 Å². The van der Waals surface area contributed by atoms with E-state index in [-0.39, 0.29) is 5.91 Å². The molecule has 4 rings (SSSR count). The van der Waals surface area contributed by atoms with Crippen molar-refractivity contribution in [3.8, 4) is 11.4 Å². The zero-order valence-electron chi connectivity index (χ0n) is 14.7. The Morgan fingerprint density at radius 2 is 1.70 bits per heavy atom. The van der Waals surface area contributed by atoms with Crippen LogP contribution in [0.5, 0.6) is 0 Å². The lowest BCUT2D eigenvalue weighted by atomic mass is 10.1. The average Bonchev–Trinajstić information content (AvgIpc) is 3.45. The number of H-pyrrole nitrogens is 1. The number of amides is 1. The van der Waals surface area contributed by atoms with Crippen molar-refractivity contribution < 1.29 is 14.3 Å². The molecule has 0 atom stereocenters. The number of hydrogen-bond acceptors (Lipinski definition) is 5. The number of nitrogens with one attached hydrogen (secondary N) is 2. The van der Waals surface area contributed by atoms with Crippen LogP contribution in [0.3, 0.4) is 0 Å². The molecule has 1 aromatic heterocycles. The third-order valence-corrected chi connectivity index (χ3v) is 4.44. The number of methoxy groups -OCH3 is 1. The fourth-order valence-electron chi connectivity index (χ4n) is 2.72. The molecule has 1 saturated carbocycles. The summed E-state index contributed by atoms with van der Waals surface area (Å²) in [7, 11) is 1.32. The van der Waals surface area contributed by atoms with Gasteiger partial charge in [0.05, 0.1) is 12.7 Å². The molecule has 2 aromatic carbocycles. The van der Waals surface area contributed by atoms with Gasteiger partial charge in [0.1, 0.15) is 5.82 Å². The first kappa shape index (κ1) is 17.0. The highest BCUT2D eigenvalue weighted by molar-refractivity contribution is 6.04. The van der Waals surface area contributed by atoms with Crippen LogP contribution in [-0.4, -0.2) is 34.2 Å². The fourth-order valence-corrected chi connectivity index (χ4v) is 2.72. The molecule has 0 bridgehead atoms. The van der Waals surface area contributed by atoms with Gasteiger partial charge in [0.25, 0.3) is 5.91 Å². The topological polar surface area (TPSA) is 97.0 Å². The maximum Gasteiger partial charge on any atom is 0.337 e. The molecular weight excluding hydrogens is 344 g/mol. The molecule has 136 valence electrons. The predicted octanol–water partition coefficient (Wildman–Crippen LogP) is 3.39. The van der Waals surface area contributed by atoms with Gasteiger partial charge in [-0.1, -0.05) is 0 Å². The predicted molar refractivity (Wildman–Crippen MR) is 99.5 cm³/mol. The first-order chi connectivity index (χ1) is 13.1. The van der Waals surface area contributed by atoms with Crippen LogP contribution in [0.25, 0.3) is 11.4 Å². The van der Waals surface area contributed by atoms with E-state index in [4.69, 9.17) is 0 Å². The second-order valence-electron chi connectivity index (χ2n) is 6.42. The minimum atomic E-state index is -0.436. The SMILES string of the molecule is COC(=O)c1ccc(C(=O)Nc2ccc(-c3n[nH]c(C4CC4)n3)cc2)cc1. The Bertz CT molecular complexity index is 973. The Balaban J connectivity index is 1.42. The number of hydrogen-bond donors (Lipinski definition) is 2. The highest BCUT2D eigenvalue weighted by atomic mass is 16.5. The van der Waals surface area contributed by atoms with Gasteiger partial charge in [-0.3, -0.25) is 9.89 Å². The Morgan fingerprint density at radius 1 is 1.04 bits per heavy atom. The number of carbonyl (C=O) groups excluding carboxylic acids is 2. The molecule has 7 nitrogen and oxygen atoms in total. The number of aromatic amines is 1. The second kappa shape index (κ2) is 7.03. The molecule has 27 heavy (non-hydrogen) atoms. The fraction of sp³-hybridized carbons (Fsp3) is 0.200. The van der Waals surface area contributed by atoms with Crippen LogP contribution in [0, 0.1) is 0 Å². The van der Waals surface area contributed by atoms with E-state index in [0.717, 1.165) is 11.4 Å². The van der Waals surface area contributed by atoms with E-state index in [2.05, 4.69) is 25.2 Å². The van der Waals surface area contributed by atoms with E-state index >= 15 is 0 Å². The molecule has 0 radical (unpaired) electrons. The monoisotopic (exact) mass is 362 g/mol. The summed E-state index contributed by atoms with van der Waals surface area (Å²) in [5.74, 6) is 1.43. The number of carbonyl (C=O) groups is 2. The summed E-state index contributed by atoms with van der Waals surface area (Å²) in [5, 5.41) is 10.1. The number of ether oxygens (including phenoxy) is 1. The Hall–Kier alpha value is -3.48. The highest BCUT2D eigenvalue weighted by Crippen LogP contribution is 2.38. The van der Waals surface area contributed by atoms with Crippen LogP contribution < -0.4 is 5.32 Å². The molecule has 2 N–H and O–H groups in total. The van der Waals surface area contributed by atoms with Crippen LogP contribution in [0.4, 0.5) is 5.69 Å². The van der Waals surface area contributed by atoms with Crippen LogP contribution >= 0.6 is 0 Å². The smallest absolute Gasteiger partial charge is 0.337 e. The maximum atomic E-state index is 12.3. The van der Waals surface area contributed by atoms with Crippen LogP contribution in [0.2, 0.25) is 0 Å². The molecule has 1 fully saturated rings. The number of rotatable bonds is 5. The summed E-state index contributed by atoms with van der Waals surface area (Å²) in [6, 6.07) is 13.7. The second-order valence-corrected chi connectivity index (χ2v) is 6.42. The van der Waals surface area contributed by atoms with Crippen LogP contribution in [-0.2, 0) is 4.74 Å². The van der Waals surface area contributed by atoms with Crippen molar-refractivity contribution in [2.24, 2.45) is 0 Å². The molecule has 3 aromatic rings. The van der Waals surface area contributed by atoms with Crippen molar-refractivity contribution in [3.05, 3.63) is 65.5 Å². The minimum Gasteiger partial charge on any atom is -0.465 e. The van der Waals surface area contributed by atoms with Crippen molar-refractivity contribution in [3.63, 3.8) is 0 Å². The lowest BCUT2D eigenvalue weighted by molar-refractivity contribution is 0.0600. The van der Waals surface area contributed by atoms with Crippen molar-refractivity contribution in [1.82, 2.24) is 15.2 Å². The molecule has 7 heteroatoms. The van der Waals surface area contributed by atoms with E-state index < -0.39 is 5.97 Å². The van der Waals surface area contributed by atoms with Crippen LogP contribution in [0.1, 0.15) is 45.3 Å². The summed E-state index contributed by atoms with van der Waals surface area (Å²) in [6.07, 6.45) is 2.33. The Morgan fingerprint density at radius 3 is 2.33 bits per heavy atom. The molecule has 0 spiro atoms. The van der Waals surface area contributed by atoms with Crippen molar-refractivity contribution in [2.75, 3.05) is 12.4 Å². The Labute approximate surface area is 155 Å². The van der Waals surface area contributed by atoms with Gasteiger partial charge in [0, 0.05) is 22.7 Å². The zero-order chi connectivity index (χ0) is 18.8. The summed E-state index contributed by atoms with van der Waals surface area (Å²) in [4.78, 5) is 28.3. The number of nitrogens with zero attached hydrogens (tertiary/aromatic N) is 2. The van der Waals surface area contributed by atoms with Crippen molar-refractivity contribution >= 4 is 17.6 Å². The van der Waals surface area contributed by atoms with E-state index in [9.17, 15) is 9.59 Å². The quantitative estimate of drug-likeness (QED) is 0.678. The summed E-state index contributed by atoms with van der Waals surface area (Å²) >= 11 is 0. The highest BCUT2D eigenvalue weighted by Gasteiger charge is 2.27. The normalized spacial score (nSPS) is 13.2. The molecular formula is C20H18N4O3. The van der Waals surface area contributed by atoms with Gasteiger partial charge in [-0.25, -0.2) is 9.78 Å². The molecule has 1 aliphatic rings. The molecule has 1 aliphatic carbocycles. The lowest BCUT2D eigenvalue weighted by Crippen LogP contribution is -2.12. The van der Waals surface area contributed by atoms with E-state index in [1.165, 1.54) is 20.0 Å². The largest absolute Gasteiger partial charge is 0.465 e. The first-order valence-corrected chi connectivity index (χ1v) is 8.66. The van der Waals surface area contributed by atoms with Gasteiger partial charge in [0.2, 0.25) is 0 Å². The summed E-state index contributed by atoms with van der Waals surface area (Å²) in [6.45, 7) is 0. The van der Waals surface area contributed by atoms with Gasteiger partial charge in [-0.15, -0.1) is 0 Å². The standard InChI is InChI=1S/C20H18N4O3/c1-27-20(26)15-6-4-14(5-7-15)19(25)21-16-10-8-13(9-11-16)18-22-17(23-24-18)12-2-3-12/h4-12H,2-3H2,1H3,(H,21,25)(H,22,23,24). The number of anilines is 1. The van der Waals surface area contributed by atoms with Crippen molar-refractivity contribution in [2.45, 2.75) is 18.8 Å². The maximum absolute atomic E-state index is 12.3. The summed E-state index contributed by atoms with van der Waals surface area (Å²) < 4.78 is 4.65. The van der Waals surface area contributed by atoms with Gasteiger partial charge in [-0.2, -0.15) is 5.10 Å².